The minimum Gasteiger partial charge on any atom is -0.507 e. The number of hydrogen-bond acceptors (Lipinski definition) is 6. The summed E-state index contributed by atoms with van der Waals surface area (Å²) >= 11 is 0. The van der Waals surface area contributed by atoms with Gasteiger partial charge in [0, 0.05) is 5.56 Å². The molecule has 4 rings (SSSR count). The molecule has 0 aliphatic rings. The highest BCUT2D eigenvalue weighted by Gasteiger charge is 2.15. The van der Waals surface area contributed by atoms with Crippen LogP contribution >= 0.6 is 0 Å². The van der Waals surface area contributed by atoms with Gasteiger partial charge in [0.05, 0.1) is 16.7 Å². The van der Waals surface area contributed by atoms with E-state index in [1.54, 1.807) is 24.3 Å². The van der Waals surface area contributed by atoms with Crippen LogP contribution in [0, 0.1) is 21.6 Å². The van der Waals surface area contributed by atoms with Gasteiger partial charge >= 0.3 is 0 Å². The van der Waals surface area contributed by atoms with Crippen LogP contribution in [0.3, 0.4) is 0 Å². The van der Waals surface area contributed by atoms with Gasteiger partial charge in [-0.15, -0.1) is 0 Å². The maximum atomic E-state index is 9.98. The zero-order valence-electron chi connectivity index (χ0n) is 22.6. The summed E-state index contributed by atoms with van der Waals surface area (Å²) in [5.41, 5.74) is 25.9. The van der Waals surface area contributed by atoms with E-state index in [9.17, 15) is 10.2 Å². The molecule has 0 heterocycles. The van der Waals surface area contributed by atoms with E-state index in [4.69, 9.17) is 44.6 Å². The standard InChI is InChI=1S/2C16H16N4O/c17-15(18)12-8-11(9-13(21)14(12)16(19)20)7-6-10-4-2-1-3-5-10;17-15(18)12-8-11(9-13(14(12)21)16(19)20)7-6-10-4-2-1-3-5-10/h2*1-9,21H,(H3,17,18)(H3,19,20). The van der Waals surface area contributed by atoms with E-state index >= 15 is 0 Å². The van der Waals surface area contributed by atoms with Gasteiger partial charge in [0.2, 0.25) is 0 Å². The molecule has 0 aromatic heterocycles. The summed E-state index contributed by atoms with van der Waals surface area (Å²) in [5.74, 6) is -1.52. The van der Waals surface area contributed by atoms with Crippen molar-refractivity contribution in [1.29, 1.82) is 21.6 Å². The van der Waals surface area contributed by atoms with Gasteiger partial charge in [-0.25, -0.2) is 0 Å². The molecule has 0 radical (unpaired) electrons. The number of hydrogen-bond donors (Lipinski definition) is 10. The quantitative estimate of drug-likeness (QED) is 0.0856. The number of amidine groups is 4. The van der Waals surface area contributed by atoms with Gasteiger partial charge in [0.15, 0.2) is 0 Å². The lowest BCUT2D eigenvalue weighted by Gasteiger charge is -2.10. The van der Waals surface area contributed by atoms with Crippen LogP contribution in [-0.2, 0) is 0 Å². The summed E-state index contributed by atoms with van der Waals surface area (Å²) in [6, 6.07) is 25.7. The molecule has 0 aliphatic heterocycles. The van der Waals surface area contributed by atoms with Gasteiger partial charge < -0.3 is 33.1 Å². The zero-order valence-corrected chi connectivity index (χ0v) is 22.6. The van der Waals surface area contributed by atoms with E-state index in [2.05, 4.69) is 0 Å². The molecule has 0 amide bonds. The molecule has 0 aliphatic carbocycles. The third kappa shape index (κ3) is 7.93. The number of rotatable bonds is 8. The van der Waals surface area contributed by atoms with Crippen molar-refractivity contribution in [3.63, 3.8) is 0 Å². The molecular formula is C32H32N8O2. The average Bonchev–Trinajstić information content (AvgIpc) is 2.96. The van der Waals surface area contributed by atoms with E-state index in [-0.39, 0.29) is 57.1 Å². The van der Waals surface area contributed by atoms with Gasteiger partial charge in [-0.3, -0.25) is 21.6 Å². The fraction of sp³-hybridized carbons (Fsp3) is 0. The Balaban J connectivity index is 0.000000230. The Bertz CT molecular complexity index is 1660. The predicted octanol–water partition coefficient (Wildman–Crippen LogP) is 4.26. The van der Waals surface area contributed by atoms with E-state index < -0.39 is 0 Å². The largest absolute Gasteiger partial charge is 0.507 e. The Morgan fingerprint density at radius 1 is 0.476 bits per heavy atom. The first-order chi connectivity index (χ1) is 20.0. The normalized spacial score (nSPS) is 10.7. The predicted molar refractivity (Wildman–Crippen MR) is 171 cm³/mol. The molecule has 0 atom stereocenters. The number of nitrogens with two attached hydrogens (primary N) is 4. The summed E-state index contributed by atoms with van der Waals surface area (Å²) in [6.45, 7) is 0. The van der Waals surface area contributed by atoms with Crippen LogP contribution in [-0.4, -0.2) is 33.6 Å². The summed E-state index contributed by atoms with van der Waals surface area (Å²) in [5, 5.41) is 49.9. The first kappa shape index (κ1) is 30.4. The first-order valence-electron chi connectivity index (χ1n) is 12.6. The molecule has 0 spiro atoms. The number of nitrogens with one attached hydrogen (secondary N) is 4. The van der Waals surface area contributed by atoms with Crippen molar-refractivity contribution in [2.24, 2.45) is 22.9 Å². The van der Waals surface area contributed by atoms with Crippen molar-refractivity contribution in [3.8, 4) is 11.5 Å². The van der Waals surface area contributed by atoms with Crippen molar-refractivity contribution < 1.29 is 10.2 Å². The van der Waals surface area contributed by atoms with Crippen LogP contribution < -0.4 is 22.9 Å². The molecule has 212 valence electrons. The van der Waals surface area contributed by atoms with Crippen LogP contribution in [0.2, 0.25) is 0 Å². The summed E-state index contributed by atoms with van der Waals surface area (Å²) < 4.78 is 0. The molecule has 10 heteroatoms. The highest BCUT2D eigenvalue weighted by molar-refractivity contribution is 6.10. The maximum absolute atomic E-state index is 9.98. The third-order valence-corrected chi connectivity index (χ3v) is 5.95. The van der Waals surface area contributed by atoms with Gasteiger partial charge in [0.25, 0.3) is 0 Å². The second-order valence-corrected chi connectivity index (χ2v) is 9.07. The molecule has 4 aromatic carbocycles. The average molecular weight is 561 g/mol. The maximum Gasteiger partial charge on any atom is 0.137 e. The molecule has 0 saturated heterocycles. The lowest BCUT2D eigenvalue weighted by Crippen LogP contribution is -2.21. The molecular weight excluding hydrogens is 528 g/mol. The highest BCUT2D eigenvalue weighted by Crippen LogP contribution is 2.26. The lowest BCUT2D eigenvalue weighted by molar-refractivity contribution is 0.472. The smallest absolute Gasteiger partial charge is 0.137 e. The van der Waals surface area contributed by atoms with Crippen molar-refractivity contribution >= 4 is 47.6 Å². The Hall–Kier alpha value is -6.16. The Kier molecular flexibility index (Phi) is 9.96. The number of benzene rings is 4. The van der Waals surface area contributed by atoms with Crippen LogP contribution in [0.25, 0.3) is 24.3 Å². The number of aromatic hydroxyl groups is 2. The van der Waals surface area contributed by atoms with Crippen LogP contribution in [0.5, 0.6) is 11.5 Å². The van der Waals surface area contributed by atoms with Crippen molar-refractivity contribution in [2.75, 3.05) is 0 Å². The topological polar surface area (TPSA) is 240 Å². The zero-order chi connectivity index (χ0) is 30.8. The summed E-state index contributed by atoms with van der Waals surface area (Å²) in [7, 11) is 0. The minimum absolute atomic E-state index is 0.0827. The Morgan fingerprint density at radius 3 is 1.21 bits per heavy atom. The molecule has 4 aromatic rings. The van der Waals surface area contributed by atoms with Crippen molar-refractivity contribution in [1.82, 2.24) is 0 Å². The van der Waals surface area contributed by atoms with E-state index in [1.807, 2.05) is 78.9 Å². The van der Waals surface area contributed by atoms with Crippen molar-refractivity contribution in [2.45, 2.75) is 0 Å². The summed E-state index contributed by atoms with van der Waals surface area (Å²) in [6.07, 6.45) is 7.38. The van der Waals surface area contributed by atoms with Gasteiger partial charge in [-0.2, -0.15) is 0 Å². The molecule has 0 bridgehead atoms. The third-order valence-electron chi connectivity index (χ3n) is 5.95. The van der Waals surface area contributed by atoms with Crippen LogP contribution in [0.15, 0.2) is 84.9 Å². The fourth-order valence-electron chi connectivity index (χ4n) is 3.92. The lowest BCUT2D eigenvalue weighted by atomic mass is 10.00. The first-order valence-corrected chi connectivity index (χ1v) is 12.6. The molecule has 0 saturated carbocycles. The summed E-state index contributed by atoms with van der Waals surface area (Å²) in [4.78, 5) is 0. The van der Waals surface area contributed by atoms with E-state index in [0.29, 0.717) is 11.1 Å². The van der Waals surface area contributed by atoms with Gasteiger partial charge in [-0.05, 0) is 46.5 Å². The number of nitrogen functional groups attached to an aromatic ring is 4. The highest BCUT2D eigenvalue weighted by atomic mass is 16.3. The molecule has 14 N–H and O–H groups in total. The van der Waals surface area contributed by atoms with Crippen LogP contribution in [0.4, 0.5) is 0 Å². The van der Waals surface area contributed by atoms with E-state index in [0.717, 1.165) is 11.1 Å². The molecule has 42 heavy (non-hydrogen) atoms. The second-order valence-electron chi connectivity index (χ2n) is 9.07. The SMILES string of the molecule is N=C(N)c1cc(C=Cc2ccccc2)cc(C(=N)N)c1O.N=C(N)c1cc(C=Cc2ccccc2)cc(O)c1C(=N)N. The van der Waals surface area contributed by atoms with Gasteiger partial charge in [-0.1, -0.05) is 85.0 Å². The molecule has 10 nitrogen and oxygen atoms in total. The number of phenols is 2. The fourth-order valence-corrected chi connectivity index (χ4v) is 3.92. The van der Waals surface area contributed by atoms with Crippen LogP contribution in [0.1, 0.15) is 44.5 Å². The molecule has 0 fully saturated rings. The van der Waals surface area contributed by atoms with Crippen molar-refractivity contribution in [3.05, 3.63) is 129 Å². The minimum atomic E-state index is -0.323. The Labute approximate surface area is 243 Å². The number of phenolic OH excluding ortho intramolecular Hbond substituents is 2. The monoisotopic (exact) mass is 560 g/mol. The van der Waals surface area contributed by atoms with E-state index in [1.165, 1.54) is 6.07 Å². The van der Waals surface area contributed by atoms with Gasteiger partial charge in [0.1, 0.15) is 34.8 Å². The Morgan fingerprint density at radius 2 is 0.833 bits per heavy atom. The molecule has 0 unspecified atom stereocenters. The second kappa shape index (κ2) is 13.8.